The lowest BCUT2D eigenvalue weighted by atomic mass is 9.82. The Bertz CT molecular complexity index is 2530. The highest BCUT2D eigenvalue weighted by Gasteiger charge is 2.35. The van der Waals surface area contributed by atoms with Crippen LogP contribution in [0.4, 0.5) is 34.1 Å². The van der Waals surface area contributed by atoms with E-state index in [1.807, 2.05) is 0 Å². The molecule has 53 heavy (non-hydrogen) atoms. The lowest BCUT2D eigenvalue weighted by Crippen LogP contribution is -2.16. The van der Waals surface area contributed by atoms with Gasteiger partial charge in [0.1, 0.15) is 0 Å². The third-order valence-corrected chi connectivity index (χ3v) is 10.6. The third kappa shape index (κ3) is 6.09. The van der Waals surface area contributed by atoms with Gasteiger partial charge in [-0.2, -0.15) is 0 Å². The van der Waals surface area contributed by atoms with E-state index in [2.05, 4.69) is 230 Å². The highest BCUT2D eigenvalue weighted by Crippen LogP contribution is 2.50. The standard InChI is InChI=1S/C51H40N2/c1-51(2)49-20-12-11-19-47(49)48-34-33-46(36-50(48)51)53(45-32-27-39-13-9-10-14-40(39)35-45)44-30-25-38(26-31-44)22-21-37-23-28-43(29-24-37)52(41-15-5-3-6-16-41)42-17-7-4-8-18-42/h3-36H,1-2H3. The molecule has 254 valence electrons. The minimum atomic E-state index is -0.0781. The number of rotatable bonds is 8. The second-order valence-electron chi connectivity index (χ2n) is 14.3. The average molecular weight is 681 g/mol. The van der Waals surface area contributed by atoms with E-state index in [4.69, 9.17) is 0 Å². The molecule has 0 aliphatic heterocycles. The number of benzene rings is 8. The van der Waals surface area contributed by atoms with Crippen LogP contribution in [-0.4, -0.2) is 0 Å². The highest BCUT2D eigenvalue weighted by molar-refractivity contribution is 5.91. The first kappa shape index (κ1) is 32.3. The van der Waals surface area contributed by atoms with Crippen molar-refractivity contribution in [2.75, 3.05) is 9.80 Å². The van der Waals surface area contributed by atoms with Crippen molar-refractivity contribution in [1.82, 2.24) is 0 Å². The molecule has 0 saturated heterocycles. The quantitative estimate of drug-likeness (QED) is 0.147. The van der Waals surface area contributed by atoms with E-state index in [-0.39, 0.29) is 5.41 Å². The van der Waals surface area contributed by atoms with E-state index in [1.165, 1.54) is 33.0 Å². The third-order valence-electron chi connectivity index (χ3n) is 10.6. The number of fused-ring (bicyclic) bond motifs is 4. The first-order valence-electron chi connectivity index (χ1n) is 18.3. The van der Waals surface area contributed by atoms with Crippen LogP contribution in [-0.2, 0) is 5.41 Å². The molecule has 0 fully saturated rings. The van der Waals surface area contributed by atoms with Gasteiger partial charge in [0.15, 0.2) is 0 Å². The summed E-state index contributed by atoms with van der Waals surface area (Å²) < 4.78 is 0. The number of anilines is 6. The van der Waals surface area contributed by atoms with E-state index in [0.717, 1.165) is 45.3 Å². The van der Waals surface area contributed by atoms with Gasteiger partial charge in [0, 0.05) is 39.5 Å². The number of nitrogens with zero attached hydrogens (tertiary/aromatic N) is 2. The van der Waals surface area contributed by atoms with Gasteiger partial charge in [-0.15, -0.1) is 0 Å². The molecule has 0 spiro atoms. The van der Waals surface area contributed by atoms with Crippen LogP contribution in [0.25, 0.3) is 34.1 Å². The minimum absolute atomic E-state index is 0.0781. The summed E-state index contributed by atoms with van der Waals surface area (Å²) in [6, 6.07) is 69.9. The number of hydrogen-bond acceptors (Lipinski definition) is 2. The Kier molecular flexibility index (Phi) is 8.21. The van der Waals surface area contributed by atoms with Gasteiger partial charge in [-0.1, -0.05) is 147 Å². The maximum atomic E-state index is 2.40. The predicted octanol–water partition coefficient (Wildman–Crippen LogP) is 14.3. The summed E-state index contributed by atoms with van der Waals surface area (Å²) in [6.07, 6.45) is 4.38. The van der Waals surface area contributed by atoms with Crippen molar-refractivity contribution in [1.29, 1.82) is 0 Å². The van der Waals surface area contributed by atoms with Gasteiger partial charge < -0.3 is 9.80 Å². The molecule has 0 aromatic heterocycles. The van der Waals surface area contributed by atoms with Crippen molar-refractivity contribution in [3.05, 3.63) is 216 Å². The molecular weight excluding hydrogens is 641 g/mol. The maximum Gasteiger partial charge on any atom is 0.0468 e. The number of para-hydroxylation sites is 2. The molecule has 8 aromatic carbocycles. The van der Waals surface area contributed by atoms with Crippen LogP contribution in [0, 0.1) is 0 Å². The van der Waals surface area contributed by atoms with Crippen LogP contribution in [0.3, 0.4) is 0 Å². The highest BCUT2D eigenvalue weighted by atomic mass is 15.1. The van der Waals surface area contributed by atoms with Gasteiger partial charge in [0.2, 0.25) is 0 Å². The molecule has 8 aromatic rings. The molecule has 2 heteroatoms. The normalized spacial score (nSPS) is 12.8. The predicted molar refractivity (Wildman–Crippen MR) is 226 cm³/mol. The molecule has 0 saturated carbocycles. The van der Waals surface area contributed by atoms with Crippen molar-refractivity contribution in [2.45, 2.75) is 19.3 Å². The molecule has 0 bridgehead atoms. The molecule has 9 rings (SSSR count). The summed E-state index contributed by atoms with van der Waals surface area (Å²) in [6.45, 7) is 4.69. The summed E-state index contributed by atoms with van der Waals surface area (Å²) in [5.74, 6) is 0. The molecule has 0 unspecified atom stereocenters. The van der Waals surface area contributed by atoms with Gasteiger partial charge in [-0.05, 0) is 117 Å². The van der Waals surface area contributed by atoms with Crippen LogP contribution >= 0.6 is 0 Å². The molecule has 0 heterocycles. The molecule has 0 atom stereocenters. The summed E-state index contributed by atoms with van der Waals surface area (Å²) in [4.78, 5) is 4.68. The number of hydrogen-bond donors (Lipinski definition) is 0. The first-order valence-corrected chi connectivity index (χ1v) is 18.3. The Morgan fingerprint density at radius 1 is 0.340 bits per heavy atom. The van der Waals surface area contributed by atoms with Crippen LogP contribution in [0.15, 0.2) is 194 Å². The van der Waals surface area contributed by atoms with Gasteiger partial charge in [-0.25, -0.2) is 0 Å². The van der Waals surface area contributed by atoms with Crippen LogP contribution in [0.5, 0.6) is 0 Å². The average Bonchev–Trinajstić information content (AvgIpc) is 3.44. The maximum absolute atomic E-state index is 2.40. The summed E-state index contributed by atoms with van der Waals surface area (Å²) in [5, 5.41) is 2.47. The fourth-order valence-corrected chi connectivity index (χ4v) is 7.86. The van der Waals surface area contributed by atoms with E-state index >= 15 is 0 Å². The van der Waals surface area contributed by atoms with Crippen LogP contribution in [0.2, 0.25) is 0 Å². The fourth-order valence-electron chi connectivity index (χ4n) is 7.86. The van der Waals surface area contributed by atoms with Crippen LogP contribution in [0.1, 0.15) is 36.1 Å². The summed E-state index contributed by atoms with van der Waals surface area (Å²) in [7, 11) is 0. The molecule has 2 nitrogen and oxygen atoms in total. The minimum Gasteiger partial charge on any atom is -0.311 e. The Morgan fingerprint density at radius 3 is 1.40 bits per heavy atom. The Hall–Kier alpha value is -6.64. The van der Waals surface area contributed by atoms with E-state index in [9.17, 15) is 0 Å². The van der Waals surface area contributed by atoms with Gasteiger partial charge in [0.25, 0.3) is 0 Å². The van der Waals surface area contributed by atoms with Gasteiger partial charge >= 0.3 is 0 Å². The molecule has 0 N–H and O–H groups in total. The Morgan fingerprint density at radius 2 is 0.774 bits per heavy atom. The second-order valence-corrected chi connectivity index (χ2v) is 14.3. The lowest BCUT2D eigenvalue weighted by Gasteiger charge is -2.28. The second kappa shape index (κ2) is 13.5. The molecule has 1 aliphatic carbocycles. The summed E-state index contributed by atoms with van der Waals surface area (Å²) in [5.41, 5.74) is 14.4. The van der Waals surface area contributed by atoms with Gasteiger partial charge in [0.05, 0.1) is 0 Å². The van der Waals surface area contributed by atoms with E-state index in [0.29, 0.717) is 0 Å². The monoisotopic (exact) mass is 680 g/mol. The zero-order valence-electron chi connectivity index (χ0n) is 30.0. The van der Waals surface area contributed by atoms with Crippen LogP contribution < -0.4 is 9.80 Å². The zero-order valence-corrected chi connectivity index (χ0v) is 30.0. The van der Waals surface area contributed by atoms with E-state index < -0.39 is 0 Å². The molecule has 0 radical (unpaired) electrons. The fraction of sp³-hybridized carbons (Fsp3) is 0.0588. The largest absolute Gasteiger partial charge is 0.311 e. The lowest BCUT2D eigenvalue weighted by molar-refractivity contribution is 0.660. The zero-order chi connectivity index (χ0) is 35.8. The Balaban J connectivity index is 1.03. The van der Waals surface area contributed by atoms with Gasteiger partial charge in [-0.3, -0.25) is 0 Å². The first-order chi connectivity index (χ1) is 26.0. The smallest absolute Gasteiger partial charge is 0.0468 e. The molecular formula is C51H40N2. The van der Waals surface area contributed by atoms with E-state index in [1.54, 1.807) is 0 Å². The van der Waals surface area contributed by atoms with Crippen molar-refractivity contribution in [3.8, 4) is 11.1 Å². The van der Waals surface area contributed by atoms with Crippen molar-refractivity contribution in [2.24, 2.45) is 0 Å². The summed E-state index contributed by atoms with van der Waals surface area (Å²) >= 11 is 0. The molecule has 0 amide bonds. The Labute approximate surface area is 312 Å². The van der Waals surface area contributed by atoms with Crippen molar-refractivity contribution < 1.29 is 0 Å². The van der Waals surface area contributed by atoms with Crippen molar-refractivity contribution >= 4 is 57.0 Å². The SMILES string of the molecule is CC1(C)c2ccccc2-c2ccc(N(c3ccc(C=Cc4ccc(N(c5ccccc5)c5ccccc5)cc4)cc3)c3ccc4ccccc4c3)cc21. The van der Waals surface area contributed by atoms with Crippen molar-refractivity contribution in [3.63, 3.8) is 0 Å². The topological polar surface area (TPSA) is 6.48 Å². The molecule has 1 aliphatic rings.